The van der Waals surface area contributed by atoms with Crippen LogP contribution in [-0.4, -0.2) is 37.1 Å². The van der Waals surface area contributed by atoms with E-state index >= 15 is 0 Å². The fourth-order valence-corrected chi connectivity index (χ4v) is 4.20. The minimum atomic E-state index is -2.91. The summed E-state index contributed by atoms with van der Waals surface area (Å²) >= 11 is 1.69. The minimum Gasteiger partial charge on any atom is -0.435 e. The van der Waals surface area contributed by atoms with Gasteiger partial charge in [-0.1, -0.05) is 19.1 Å². The number of ether oxygens (including phenoxy) is 1. The summed E-state index contributed by atoms with van der Waals surface area (Å²) in [5, 5.41) is 5.00. The first-order valence-corrected chi connectivity index (χ1v) is 10.0. The van der Waals surface area contributed by atoms with E-state index in [1.165, 1.54) is 23.1 Å². The molecule has 1 aromatic carbocycles. The highest BCUT2D eigenvalue weighted by molar-refractivity contribution is 7.10. The van der Waals surface area contributed by atoms with Crippen LogP contribution in [0.5, 0.6) is 5.75 Å². The van der Waals surface area contributed by atoms with E-state index in [0.717, 1.165) is 31.8 Å². The van der Waals surface area contributed by atoms with Gasteiger partial charge in [0, 0.05) is 17.0 Å². The Bertz CT molecular complexity index is 731. The minimum absolute atomic E-state index is 0.0162. The number of amides is 1. The maximum Gasteiger partial charge on any atom is 0.387 e. The topological polar surface area (TPSA) is 41.6 Å². The molecule has 27 heavy (non-hydrogen) atoms. The second kappa shape index (κ2) is 9.28. The SMILES string of the molecule is CC1CCN(C(CNC(=O)c2cccc(OC(F)F)c2)c2cccs2)CC1. The van der Waals surface area contributed by atoms with Crippen molar-refractivity contribution in [1.82, 2.24) is 10.2 Å². The van der Waals surface area contributed by atoms with Crippen LogP contribution in [0, 0.1) is 5.92 Å². The molecule has 4 nitrogen and oxygen atoms in total. The van der Waals surface area contributed by atoms with Gasteiger partial charge in [-0.3, -0.25) is 9.69 Å². The number of piperidine rings is 1. The second-order valence-electron chi connectivity index (χ2n) is 6.87. The zero-order valence-corrected chi connectivity index (χ0v) is 16.1. The molecular formula is C20H24F2N2O2S. The van der Waals surface area contributed by atoms with Gasteiger partial charge in [0.2, 0.25) is 0 Å². The predicted octanol–water partition coefficient (Wildman–Crippen LogP) is 4.55. The first kappa shape index (κ1) is 19.8. The maximum absolute atomic E-state index is 12.5. The molecule has 146 valence electrons. The van der Waals surface area contributed by atoms with Crippen molar-refractivity contribution in [3.63, 3.8) is 0 Å². The third kappa shape index (κ3) is 5.49. The van der Waals surface area contributed by atoms with Gasteiger partial charge in [-0.15, -0.1) is 11.3 Å². The van der Waals surface area contributed by atoms with Gasteiger partial charge in [-0.2, -0.15) is 8.78 Å². The van der Waals surface area contributed by atoms with Crippen LogP contribution < -0.4 is 10.1 Å². The van der Waals surface area contributed by atoms with Crippen LogP contribution in [0.1, 0.15) is 41.0 Å². The Hall–Kier alpha value is -1.99. The summed E-state index contributed by atoms with van der Waals surface area (Å²) in [6.45, 7) is 1.86. The highest BCUT2D eigenvalue weighted by Gasteiger charge is 2.26. The molecule has 1 unspecified atom stereocenters. The van der Waals surface area contributed by atoms with E-state index in [9.17, 15) is 13.6 Å². The summed E-state index contributed by atoms with van der Waals surface area (Å²) in [5.41, 5.74) is 0.311. The summed E-state index contributed by atoms with van der Waals surface area (Å²) < 4.78 is 29.1. The van der Waals surface area contributed by atoms with Gasteiger partial charge in [0.1, 0.15) is 5.75 Å². The van der Waals surface area contributed by atoms with Crippen molar-refractivity contribution in [3.8, 4) is 5.75 Å². The number of thiophene rings is 1. The molecule has 1 aliphatic heterocycles. The number of halogens is 2. The summed E-state index contributed by atoms with van der Waals surface area (Å²) in [6.07, 6.45) is 2.31. The Kier molecular flexibility index (Phi) is 6.79. The molecule has 0 aliphatic carbocycles. The molecule has 1 aliphatic rings. The van der Waals surface area contributed by atoms with Crippen LogP contribution in [0.4, 0.5) is 8.78 Å². The van der Waals surface area contributed by atoms with Crippen molar-refractivity contribution >= 4 is 17.2 Å². The van der Waals surface area contributed by atoms with Gasteiger partial charge < -0.3 is 10.1 Å². The van der Waals surface area contributed by atoms with Crippen LogP contribution >= 0.6 is 11.3 Å². The first-order valence-electron chi connectivity index (χ1n) is 9.13. The zero-order chi connectivity index (χ0) is 19.2. The van der Waals surface area contributed by atoms with Crippen molar-refractivity contribution in [2.24, 2.45) is 5.92 Å². The van der Waals surface area contributed by atoms with Crippen molar-refractivity contribution in [1.29, 1.82) is 0 Å². The Morgan fingerprint density at radius 3 is 2.74 bits per heavy atom. The molecule has 1 fully saturated rings. The van der Waals surface area contributed by atoms with Gasteiger partial charge in [-0.05, 0) is 61.5 Å². The average molecular weight is 394 g/mol. The molecule has 0 radical (unpaired) electrons. The smallest absolute Gasteiger partial charge is 0.387 e. The number of carbonyl (C=O) groups excluding carboxylic acids is 1. The molecule has 0 bridgehead atoms. The maximum atomic E-state index is 12.5. The number of nitrogens with zero attached hydrogens (tertiary/aromatic N) is 1. The summed E-state index contributed by atoms with van der Waals surface area (Å²) in [4.78, 5) is 16.2. The number of hydrogen-bond donors (Lipinski definition) is 1. The molecule has 1 aromatic heterocycles. The quantitative estimate of drug-likeness (QED) is 0.749. The third-order valence-corrected chi connectivity index (χ3v) is 5.88. The largest absolute Gasteiger partial charge is 0.435 e. The van der Waals surface area contributed by atoms with E-state index in [4.69, 9.17) is 0 Å². The summed E-state index contributed by atoms with van der Waals surface area (Å²) in [6, 6.07) is 10.1. The molecule has 3 rings (SSSR count). The lowest BCUT2D eigenvalue weighted by molar-refractivity contribution is -0.0498. The molecule has 2 heterocycles. The molecule has 1 saturated heterocycles. The Morgan fingerprint density at radius 1 is 1.30 bits per heavy atom. The average Bonchev–Trinajstić information content (AvgIpc) is 3.17. The van der Waals surface area contributed by atoms with E-state index in [1.807, 2.05) is 11.4 Å². The Balaban J connectivity index is 1.65. The normalized spacial score (nSPS) is 17.0. The molecule has 7 heteroatoms. The number of nitrogens with one attached hydrogen (secondary N) is 1. The molecule has 0 saturated carbocycles. The van der Waals surface area contributed by atoms with Gasteiger partial charge in [0.05, 0.1) is 6.04 Å². The van der Waals surface area contributed by atoms with Crippen LogP contribution in [0.25, 0.3) is 0 Å². The number of rotatable bonds is 7. The first-order chi connectivity index (χ1) is 13.0. The highest BCUT2D eigenvalue weighted by atomic mass is 32.1. The zero-order valence-electron chi connectivity index (χ0n) is 15.2. The lowest BCUT2D eigenvalue weighted by Gasteiger charge is -2.36. The van der Waals surface area contributed by atoms with E-state index < -0.39 is 6.61 Å². The fraction of sp³-hybridized carbons (Fsp3) is 0.450. The van der Waals surface area contributed by atoms with Crippen molar-refractivity contribution in [2.75, 3.05) is 19.6 Å². The Labute approximate surface area is 162 Å². The standard InChI is InChI=1S/C20H24F2N2O2S/c1-14-7-9-24(10-8-14)17(18-6-3-11-27-18)13-23-19(25)15-4-2-5-16(12-15)26-20(21)22/h2-6,11-12,14,17,20H,7-10,13H2,1H3,(H,23,25). The fourth-order valence-electron chi connectivity index (χ4n) is 3.34. The number of alkyl halides is 2. The van der Waals surface area contributed by atoms with Crippen molar-refractivity contribution < 1.29 is 18.3 Å². The molecule has 0 spiro atoms. The molecule has 1 amide bonds. The van der Waals surface area contributed by atoms with Gasteiger partial charge in [0.25, 0.3) is 5.91 Å². The van der Waals surface area contributed by atoms with Crippen LogP contribution in [0.2, 0.25) is 0 Å². The van der Waals surface area contributed by atoms with E-state index in [1.54, 1.807) is 17.4 Å². The molecular weight excluding hydrogens is 370 g/mol. The van der Waals surface area contributed by atoms with Gasteiger partial charge in [0.15, 0.2) is 0 Å². The van der Waals surface area contributed by atoms with Crippen molar-refractivity contribution in [2.45, 2.75) is 32.4 Å². The molecule has 2 aromatic rings. The van der Waals surface area contributed by atoms with Crippen molar-refractivity contribution in [3.05, 3.63) is 52.2 Å². The van der Waals surface area contributed by atoms with E-state index in [-0.39, 0.29) is 17.7 Å². The lowest BCUT2D eigenvalue weighted by atomic mass is 9.97. The molecule has 1 atom stereocenters. The summed E-state index contributed by atoms with van der Waals surface area (Å²) in [5.74, 6) is 0.427. The lowest BCUT2D eigenvalue weighted by Crippen LogP contribution is -2.41. The van der Waals surface area contributed by atoms with E-state index in [2.05, 4.69) is 27.9 Å². The van der Waals surface area contributed by atoms with Gasteiger partial charge in [-0.25, -0.2) is 0 Å². The van der Waals surface area contributed by atoms with Gasteiger partial charge >= 0.3 is 6.61 Å². The highest BCUT2D eigenvalue weighted by Crippen LogP contribution is 2.29. The van der Waals surface area contributed by atoms with E-state index in [0.29, 0.717) is 12.1 Å². The number of carbonyl (C=O) groups is 1. The van der Waals surface area contributed by atoms with Crippen LogP contribution in [-0.2, 0) is 0 Å². The summed E-state index contributed by atoms with van der Waals surface area (Å²) in [7, 11) is 0. The Morgan fingerprint density at radius 2 is 2.07 bits per heavy atom. The third-order valence-electron chi connectivity index (χ3n) is 4.91. The number of likely N-dealkylation sites (tertiary alicyclic amines) is 1. The number of benzene rings is 1. The predicted molar refractivity (Wildman–Crippen MR) is 102 cm³/mol. The second-order valence-corrected chi connectivity index (χ2v) is 7.85. The van der Waals surface area contributed by atoms with Crippen LogP contribution in [0.3, 0.4) is 0 Å². The number of hydrogen-bond acceptors (Lipinski definition) is 4. The monoisotopic (exact) mass is 394 g/mol. The van der Waals surface area contributed by atoms with Crippen LogP contribution in [0.15, 0.2) is 41.8 Å². The molecule has 1 N–H and O–H groups in total.